The highest BCUT2D eigenvalue weighted by Crippen LogP contribution is 2.39. The van der Waals surface area contributed by atoms with Crippen molar-refractivity contribution < 1.29 is 5.11 Å². The van der Waals surface area contributed by atoms with Crippen LogP contribution < -0.4 is 0 Å². The fraction of sp³-hybridized carbons (Fsp3) is 0.600. The Balaban J connectivity index is 2.14. The van der Waals surface area contributed by atoms with Crippen LogP contribution in [0.4, 0.5) is 0 Å². The Morgan fingerprint density at radius 3 is 2.94 bits per heavy atom. The van der Waals surface area contributed by atoms with E-state index in [9.17, 15) is 5.11 Å². The summed E-state index contributed by atoms with van der Waals surface area (Å²) in [5.74, 6) is 1.21. The molecule has 0 aromatic heterocycles. The Morgan fingerprint density at radius 2 is 2.24 bits per heavy atom. The number of aromatic hydroxyl groups is 1. The van der Waals surface area contributed by atoms with Gasteiger partial charge in [-0.1, -0.05) is 32.4 Å². The van der Waals surface area contributed by atoms with Crippen molar-refractivity contribution in [3.05, 3.63) is 29.3 Å². The third-order valence-electron chi connectivity index (χ3n) is 4.04. The first kappa shape index (κ1) is 12.4. The summed E-state index contributed by atoms with van der Waals surface area (Å²) in [7, 11) is 2.20. The first-order valence-electron chi connectivity index (χ1n) is 6.64. The lowest BCUT2D eigenvalue weighted by Gasteiger charge is -2.27. The molecule has 0 radical (unpaired) electrons. The second-order valence-corrected chi connectivity index (χ2v) is 5.35. The molecule has 0 aliphatic heterocycles. The van der Waals surface area contributed by atoms with Crippen molar-refractivity contribution in [3.8, 4) is 5.75 Å². The third kappa shape index (κ3) is 2.47. The van der Waals surface area contributed by atoms with Gasteiger partial charge in [-0.05, 0) is 43.0 Å². The molecule has 1 aliphatic carbocycles. The second-order valence-electron chi connectivity index (χ2n) is 5.35. The quantitative estimate of drug-likeness (QED) is 0.862. The fourth-order valence-corrected chi connectivity index (χ4v) is 2.82. The van der Waals surface area contributed by atoms with E-state index in [-0.39, 0.29) is 0 Å². The van der Waals surface area contributed by atoms with Gasteiger partial charge >= 0.3 is 0 Å². The minimum Gasteiger partial charge on any atom is -0.508 e. The number of nitrogens with zero attached hydrogens (tertiary/aromatic N) is 1. The monoisotopic (exact) mass is 233 g/mol. The lowest BCUT2D eigenvalue weighted by Crippen LogP contribution is -2.27. The molecule has 0 amide bonds. The highest BCUT2D eigenvalue weighted by Gasteiger charge is 2.27. The van der Waals surface area contributed by atoms with E-state index in [1.54, 1.807) is 6.07 Å². The van der Waals surface area contributed by atoms with Gasteiger partial charge in [-0.3, -0.25) is 4.90 Å². The first-order valence-corrected chi connectivity index (χ1v) is 6.64. The molecular weight excluding hydrogens is 210 g/mol. The minimum atomic E-state index is 0.474. The zero-order chi connectivity index (χ0) is 12.4. The van der Waals surface area contributed by atoms with Crippen molar-refractivity contribution >= 4 is 0 Å². The van der Waals surface area contributed by atoms with Crippen LogP contribution in [-0.4, -0.2) is 23.6 Å². The Hall–Kier alpha value is -1.02. The van der Waals surface area contributed by atoms with Crippen LogP contribution in [0, 0.1) is 5.92 Å². The summed E-state index contributed by atoms with van der Waals surface area (Å²) in [6.07, 6.45) is 3.38. The number of fused-ring (bicyclic) bond motifs is 1. The van der Waals surface area contributed by atoms with Gasteiger partial charge in [0.2, 0.25) is 0 Å². The molecule has 0 saturated heterocycles. The molecule has 0 fully saturated rings. The van der Waals surface area contributed by atoms with Crippen molar-refractivity contribution in [2.24, 2.45) is 5.92 Å². The summed E-state index contributed by atoms with van der Waals surface area (Å²) in [6, 6.07) is 6.42. The van der Waals surface area contributed by atoms with E-state index in [0.717, 1.165) is 30.9 Å². The molecule has 2 rings (SSSR count). The zero-order valence-corrected chi connectivity index (χ0v) is 11.1. The Morgan fingerprint density at radius 1 is 1.47 bits per heavy atom. The number of phenolic OH excluding ortho intramolecular Hbond substituents is 1. The van der Waals surface area contributed by atoms with E-state index >= 15 is 0 Å². The number of rotatable bonds is 4. The molecule has 2 atom stereocenters. The molecule has 1 aromatic carbocycles. The molecule has 2 nitrogen and oxygen atoms in total. The molecule has 0 spiro atoms. The van der Waals surface area contributed by atoms with E-state index in [0.29, 0.717) is 11.8 Å². The number of benzene rings is 1. The van der Waals surface area contributed by atoms with Crippen molar-refractivity contribution in [1.29, 1.82) is 0 Å². The van der Waals surface area contributed by atoms with Gasteiger partial charge < -0.3 is 5.11 Å². The highest BCUT2D eigenvalue weighted by atomic mass is 16.3. The second kappa shape index (κ2) is 5.09. The molecule has 0 heterocycles. The predicted octanol–water partition coefficient (Wildman–Crippen LogP) is 3.36. The maximum Gasteiger partial charge on any atom is 0.119 e. The maximum absolute atomic E-state index is 9.84. The SMILES string of the molecule is CCC(C)CN(C)C1CCc2c(O)cccc21. The van der Waals surface area contributed by atoms with E-state index in [1.807, 2.05) is 6.07 Å². The summed E-state index contributed by atoms with van der Waals surface area (Å²) in [5, 5.41) is 9.84. The van der Waals surface area contributed by atoms with Crippen LogP contribution in [0.3, 0.4) is 0 Å². The Bertz CT molecular complexity index is 389. The van der Waals surface area contributed by atoms with Gasteiger partial charge in [0.05, 0.1) is 0 Å². The highest BCUT2D eigenvalue weighted by molar-refractivity contribution is 5.44. The van der Waals surface area contributed by atoms with Gasteiger partial charge in [-0.15, -0.1) is 0 Å². The predicted molar refractivity (Wildman–Crippen MR) is 71.3 cm³/mol. The van der Waals surface area contributed by atoms with Gasteiger partial charge in [0.1, 0.15) is 5.75 Å². The average molecular weight is 233 g/mol. The molecule has 17 heavy (non-hydrogen) atoms. The summed E-state index contributed by atoms with van der Waals surface area (Å²) in [5.41, 5.74) is 2.49. The summed E-state index contributed by atoms with van der Waals surface area (Å²) in [4.78, 5) is 2.44. The van der Waals surface area contributed by atoms with E-state index in [1.165, 1.54) is 12.0 Å². The van der Waals surface area contributed by atoms with Crippen LogP contribution in [-0.2, 0) is 6.42 Å². The molecule has 94 valence electrons. The third-order valence-corrected chi connectivity index (χ3v) is 4.04. The molecule has 2 unspecified atom stereocenters. The Kier molecular flexibility index (Phi) is 3.72. The molecule has 0 saturated carbocycles. The number of hydrogen-bond donors (Lipinski definition) is 1. The standard InChI is InChI=1S/C15H23NO/c1-4-11(2)10-16(3)14-9-8-13-12(14)6-5-7-15(13)17/h5-7,11,14,17H,4,8-10H2,1-3H3. The number of hydrogen-bond acceptors (Lipinski definition) is 2. The van der Waals surface area contributed by atoms with Gasteiger partial charge in [-0.25, -0.2) is 0 Å². The van der Waals surface area contributed by atoms with E-state index in [4.69, 9.17) is 0 Å². The van der Waals surface area contributed by atoms with Gasteiger partial charge in [0, 0.05) is 12.6 Å². The average Bonchev–Trinajstić information content (AvgIpc) is 2.74. The summed E-state index contributed by atoms with van der Waals surface area (Å²) in [6.45, 7) is 5.68. The van der Waals surface area contributed by atoms with E-state index in [2.05, 4.69) is 31.9 Å². The van der Waals surface area contributed by atoms with Crippen LogP contribution in [0.1, 0.15) is 43.9 Å². The fourth-order valence-electron chi connectivity index (χ4n) is 2.82. The van der Waals surface area contributed by atoms with Crippen LogP contribution >= 0.6 is 0 Å². The van der Waals surface area contributed by atoms with Crippen molar-refractivity contribution in [2.45, 2.75) is 39.2 Å². The molecule has 2 heteroatoms. The van der Waals surface area contributed by atoms with Crippen LogP contribution in [0.5, 0.6) is 5.75 Å². The number of phenols is 1. The Labute approximate surface area is 104 Å². The van der Waals surface area contributed by atoms with Crippen molar-refractivity contribution in [1.82, 2.24) is 4.90 Å². The minimum absolute atomic E-state index is 0.474. The molecule has 1 aromatic rings. The smallest absolute Gasteiger partial charge is 0.119 e. The molecule has 0 bridgehead atoms. The van der Waals surface area contributed by atoms with Crippen molar-refractivity contribution in [2.75, 3.05) is 13.6 Å². The topological polar surface area (TPSA) is 23.5 Å². The van der Waals surface area contributed by atoms with Crippen LogP contribution in [0.2, 0.25) is 0 Å². The largest absolute Gasteiger partial charge is 0.508 e. The zero-order valence-electron chi connectivity index (χ0n) is 11.1. The van der Waals surface area contributed by atoms with Gasteiger partial charge in [0.25, 0.3) is 0 Å². The summed E-state index contributed by atoms with van der Waals surface area (Å²) < 4.78 is 0. The summed E-state index contributed by atoms with van der Waals surface area (Å²) >= 11 is 0. The molecule has 1 N–H and O–H groups in total. The first-order chi connectivity index (χ1) is 8.13. The van der Waals surface area contributed by atoms with Crippen LogP contribution in [0.15, 0.2) is 18.2 Å². The van der Waals surface area contributed by atoms with Crippen LogP contribution in [0.25, 0.3) is 0 Å². The lowest BCUT2D eigenvalue weighted by atomic mass is 10.0. The van der Waals surface area contributed by atoms with Crippen molar-refractivity contribution in [3.63, 3.8) is 0 Å². The van der Waals surface area contributed by atoms with Gasteiger partial charge in [-0.2, -0.15) is 0 Å². The molecule has 1 aliphatic rings. The maximum atomic E-state index is 9.84. The lowest BCUT2D eigenvalue weighted by molar-refractivity contribution is 0.210. The molecular formula is C15H23NO. The van der Waals surface area contributed by atoms with Gasteiger partial charge in [0.15, 0.2) is 0 Å². The normalized spacial score (nSPS) is 20.6. The van der Waals surface area contributed by atoms with E-state index < -0.39 is 0 Å².